The minimum absolute atomic E-state index is 0.863. The number of nitrogens with zero attached hydrogens (tertiary/aromatic N) is 1. The fourth-order valence-corrected chi connectivity index (χ4v) is 2.95. The fraction of sp³-hybridized carbons (Fsp3) is 0.136. The average Bonchev–Trinajstić information content (AvgIpc) is 2.67. The smallest absolute Gasteiger partial charge is 0.118 e. The van der Waals surface area contributed by atoms with E-state index in [0.29, 0.717) is 0 Å². The molecule has 120 valence electrons. The second-order valence-electron chi connectivity index (χ2n) is 5.54. The highest BCUT2D eigenvalue weighted by Crippen LogP contribution is 2.34. The van der Waals surface area contributed by atoms with Gasteiger partial charge in [-0.15, -0.1) is 0 Å². The number of benzene rings is 2. The van der Waals surface area contributed by atoms with Gasteiger partial charge in [0.05, 0.1) is 7.11 Å². The molecule has 3 rings (SSSR count). The van der Waals surface area contributed by atoms with Crippen LogP contribution in [0.1, 0.15) is 30.0 Å². The van der Waals surface area contributed by atoms with E-state index in [9.17, 15) is 0 Å². The van der Waals surface area contributed by atoms with Crippen molar-refractivity contribution in [3.8, 4) is 5.75 Å². The number of hydrogen-bond donors (Lipinski definition) is 0. The van der Waals surface area contributed by atoms with Crippen molar-refractivity contribution in [3.05, 3.63) is 95.8 Å². The zero-order valence-electron chi connectivity index (χ0n) is 14.1. The molecule has 0 aliphatic heterocycles. The summed E-state index contributed by atoms with van der Waals surface area (Å²) in [7, 11) is 1.69. The van der Waals surface area contributed by atoms with E-state index in [1.54, 1.807) is 7.11 Å². The van der Waals surface area contributed by atoms with Crippen LogP contribution in [0.2, 0.25) is 0 Å². The maximum Gasteiger partial charge on any atom is 0.118 e. The van der Waals surface area contributed by atoms with Crippen molar-refractivity contribution in [2.45, 2.75) is 13.3 Å². The van der Waals surface area contributed by atoms with Crippen molar-refractivity contribution in [3.63, 3.8) is 0 Å². The topological polar surface area (TPSA) is 22.1 Å². The highest BCUT2D eigenvalue weighted by molar-refractivity contribution is 5.98. The summed E-state index contributed by atoms with van der Waals surface area (Å²) in [4.78, 5) is 4.32. The van der Waals surface area contributed by atoms with Crippen LogP contribution in [0.4, 0.5) is 0 Å². The number of ether oxygens (including phenoxy) is 1. The van der Waals surface area contributed by atoms with Gasteiger partial charge in [-0.25, -0.2) is 0 Å². The van der Waals surface area contributed by atoms with Gasteiger partial charge in [0.25, 0.3) is 0 Å². The second-order valence-corrected chi connectivity index (χ2v) is 5.54. The van der Waals surface area contributed by atoms with Crippen molar-refractivity contribution < 1.29 is 4.74 Å². The lowest BCUT2D eigenvalue weighted by molar-refractivity contribution is 0.415. The summed E-state index contributed by atoms with van der Waals surface area (Å²) < 4.78 is 5.30. The van der Waals surface area contributed by atoms with E-state index in [2.05, 4.69) is 54.4 Å². The van der Waals surface area contributed by atoms with Crippen LogP contribution in [0.15, 0.2) is 79.1 Å². The summed E-state index contributed by atoms with van der Waals surface area (Å²) in [5.74, 6) is 0.863. The van der Waals surface area contributed by atoms with Crippen molar-refractivity contribution >= 4 is 11.1 Å². The Morgan fingerprint density at radius 2 is 1.54 bits per heavy atom. The molecule has 0 spiro atoms. The van der Waals surface area contributed by atoms with E-state index in [1.807, 2.05) is 36.7 Å². The molecule has 2 aromatic carbocycles. The number of methoxy groups -OCH3 is 1. The average molecular weight is 315 g/mol. The maximum absolute atomic E-state index is 5.30. The van der Waals surface area contributed by atoms with Crippen molar-refractivity contribution in [1.82, 2.24) is 4.98 Å². The molecule has 24 heavy (non-hydrogen) atoms. The van der Waals surface area contributed by atoms with Gasteiger partial charge in [0.15, 0.2) is 0 Å². The molecule has 2 heteroatoms. The van der Waals surface area contributed by atoms with Crippen molar-refractivity contribution in [2.75, 3.05) is 7.11 Å². The van der Waals surface area contributed by atoms with Gasteiger partial charge in [-0.05, 0) is 46.9 Å². The van der Waals surface area contributed by atoms with Gasteiger partial charge in [-0.1, -0.05) is 55.5 Å². The molecule has 0 aliphatic rings. The van der Waals surface area contributed by atoms with Gasteiger partial charge in [0, 0.05) is 18.0 Å². The van der Waals surface area contributed by atoms with E-state index in [1.165, 1.54) is 22.3 Å². The third kappa shape index (κ3) is 3.38. The van der Waals surface area contributed by atoms with Crippen molar-refractivity contribution in [2.24, 2.45) is 0 Å². The summed E-state index contributed by atoms with van der Waals surface area (Å²) in [6.07, 6.45) is 4.68. The van der Waals surface area contributed by atoms with Gasteiger partial charge in [-0.2, -0.15) is 0 Å². The Bertz CT molecular complexity index is 806. The molecular formula is C22H21NO. The lowest BCUT2D eigenvalue weighted by Gasteiger charge is -2.16. The number of pyridine rings is 1. The van der Waals surface area contributed by atoms with Crippen LogP contribution in [-0.2, 0) is 0 Å². The highest BCUT2D eigenvalue weighted by Gasteiger charge is 2.13. The minimum atomic E-state index is 0.863. The van der Waals surface area contributed by atoms with Gasteiger partial charge < -0.3 is 4.74 Å². The van der Waals surface area contributed by atoms with Crippen LogP contribution in [0.25, 0.3) is 11.1 Å². The van der Waals surface area contributed by atoms with Crippen molar-refractivity contribution in [1.29, 1.82) is 0 Å². The summed E-state index contributed by atoms with van der Waals surface area (Å²) in [5.41, 5.74) is 6.08. The fourth-order valence-electron chi connectivity index (χ4n) is 2.95. The SMILES string of the molecule is CC/C(=C(\c1ccc(OC)cc1)c1cccnc1)c1ccccc1. The van der Waals surface area contributed by atoms with E-state index in [4.69, 9.17) is 4.74 Å². The molecular weight excluding hydrogens is 294 g/mol. The Hall–Kier alpha value is -2.87. The normalized spacial score (nSPS) is 11.8. The Balaban J connectivity index is 2.23. The molecule has 0 amide bonds. The predicted octanol–water partition coefficient (Wildman–Crippen LogP) is 5.46. The van der Waals surface area contributed by atoms with Crippen LogP contribution in [0.5, 0.6) is 5.75 Å². The first-order valence-electron chi connectivity index (χ1n) is 8.17. The Morgan fingerprint density at radius 3 is 2.12 bits per heavy atom. The number of allylic oxidation sites excluding steroid dienone is 1. The molecule has 0 saturated heterocycles. The van der Waals surface area contributed by atoms with Gasteiger partial charge in [0.2, 0.25) is 0 Å². The molecule has 0 aliphatic carbocycles. The zero-order valence-corrected chi connectivity index (χ0v) is 14.1. The number of hydrogen-bond acceptors (Lipinski definition) is 2. The first kappa shape index (κ1) is 16.0. The summed E-state index contributed by atoms with van der Waals surface area (Å²) >= 11 is 0. The Labute approximate surface area is 143 Å². The molecule has 2 nitrogen and oxygen atoms in total. The lowest BCUT2D eigenvalue weighted by Crippen LogP contribution is -1.95. The molecule has 0 N–H and O–H groups in total. The molecule has 0 unspecified atom stereocenters. The number of rotatable bonds is 5. The third-order valence-corrected chi connectivity index (χ3v) is 4.11. The maximum atomic E-state index is 5.30. The Kier molecular flexibility index (Phi) is 5.07. The molecule has 1 heterocycles. The van der Waals surface area contributed by atoms with Crippen LogP contribution >= 0.6 is 0 Å². The molecule has 0 bridgehead atoms. The molecule has 0 saturated carbocycles. The van der Waals surface area contributed by atoms with Crippen LogP contribution in [0, 0.1) is 0 Å². The van der Waals surface area contributed by atoms with Gasteiger partial charge in [0.1, 0.15) is 5.75 Å². The molecule has 1 aromatic heterocycles. The van der Waals surface area contributed by atoms with E-state index < -0.39 is 0 Å². The molecule has 3 aromatic rings. The van der Waals surface area contributed by atoms with Gasteiger partial charge >= 0.3 is 0 Å². The highest BCUT2D eigenvalue weighted by atomic mass is 16.5. The quantitative estimate of drug-likeness (QED) is 0.583. The van der Waals surface area contributed by atoms with Crippen LogP contribution in [0.3, 0.4) is 0 Å². The number of aromatic nitrogens is 1. The first-order valence-corrected chi connectivity index (χ1v) is 8.17. The zero-order chi connectivity index (χ0) is 16.8. The van der Waals surface area contributed by atoms with Crippen LogP contribution in [-0.4, -0.2) is 12.1 Å². The minimum Gasteiger partial charge on any atom is -0.497 e. The van der Waals surface area contributed by atoms with Crippen LogP contribution < -0.4 is 4.74 Å². The largest absolute Gasteiger partial charge is 0.497 e. The third-order valence-electron chi connectivity index (χ3n) is 4.11. The van der Waals surface area contributed by atoms with E-state index >= 15 is 0 Å². The second kappa shape index (κ2) is 7.60. The molecule has 0 radical (unpaired) electrons. The molecule has 0 fully saturated rings. The predicted molar refractivity (Wildman–Crippen MR) is 99.9 cm³/mol. The summed E-state index contributed by atoms with van der Waals surface area (Å²) in [6.45, 7) is 2.20. The monoisotopic (exact) mass is 315 g/mol. The van der Waals surface area contributed by atoms with Gasteiger partial charge in [-0.3, -0.25) is 4.98 Å². The summed E-state index contributed by atoms with van der Waals surface area (Å²) in [6, 6.07) is 22.9. The van der Waals surface area contributed by atoms with E-state index in [0.717, 1.165) is 17.7 Å². The lowest BCUT2D eigenvalue weighted by atomic mass is 9.89. The first-order chi connectivity index (χ1) is 11.8. The molecule has 0 atom stereocenters. The summed E-state index contributed by atoms with van der Waals surface area (Å²) in [5, 5.41) is 0. The Morgan fingerprint density at radius 1 is 0.833 bits per heavy atom. The standard InChI is InChI=1S/C22H21NO/c1-3-21(17-8-5-4-6-9-17)22(19-10-7-15-23-16-19)18-11-13-20(24-2)14-12-18/h4-16H,3H2,1-2H3/b22-21-. The van der Waals surface area contributed by atoms with E-state index in [-0.39, 0.29) is 0 Å².